The van der Waals surface area contributed by atoms with Crippen LogP contribution in [-0.4, -0.2) is 43.8 Å². The van der Waals surface area contributed by atoms with Gasteiger partial charge in [-0.2, -0.15) is 0 Å². The molecular weight excluding hydrogens is 280 g/mol. The molecule has 5 heteroatoms. The predicted octanol–water partition coefficient (Wildman–Crippen LogP) is 0.835. The third-order valence-corrected chi connectivity index (χ3v) is 4.46. The van der Waals surface area contributed by atoms with E-state index in [-0.39, 0.29) is 12.7 Å². The van der Waals surface area contributed by atoms with E-state index in [4.69, 9.17) is 9.47 Å². The fraction of sp³-hybridized carbons (Fsp3) is 0.471. The number of benzene rings is 1. The first-order chi connectivity index (χ1) is 10.8. The Balaban J connectivity index is 1.46. The highest BCUT2D eigenvalue weighted by atomic mass is 16.7. The summed E-state index contributed by atoms with van der Waals surface area (Å²) in [5.74, 6) is 8.21. The molecule has 22 heavy (non-hydrogen) atoms. The molecule has 114 valence electrons. The van der Waals surface area contributed by atoms with E-state index in [0.717, 1.165) is 37.5 Å². The fourth-order valence-electron chi connectivity index (χ4n) is 3.45. The van der Waals surface area contributed by atoms with E-state index in [9.17, 15) is 4.79 Å². The molecule has 1 aromatic carbocycles. The first-order valence-corrected chi connectivity index (χ1v) is 7.69. The number of ether oxygens (including phenoxy) is 2. The van der Waals surface area contributed by atoms with E-state index >= 15 is 0 Å². The normalized spacial score (nSPS) is 25.4. The molecule has 2 atom stereocenters. The van der Waals surface area contributed by atoms with Crippen LogP contribution in [0, 0.1) is 23.7 Å². The Morgan fingerprint density at radius 3 is 2.77 bits per heavy atom. The number of amides is 1. The zero-order valence-corrected chi connectivity index (χ0v) is 12.3. The Bertz CT molecular complexity index is 650. The first-order valence-electron chi connectivity index (χ1n) is 7.69. The van der Waals surface area contributed by atoms with E-state index in [1.54, 1.807) is 0 Å². The Kier molecular flexibility index (Phi) is 3.39. The Morgan fingerprint density at radius 1 is 1.18 bits per heavy atom. The molecule has 0 unspecified atom stereocenters. The smallest absolute Gasteiger partial charge is 0.298 e. The maximum Gasteiger partial charge on any atom is 0.298 e. The van der Waals surface area contributed by atoms with Crippen LogP contribution in [0.4, 0.5) is 0 Å². The highest BCUT2D eigenvalue weighted by Crippen LogP contribution is 2.32. The Hall–Kier alpha value is -2.19. The second kappa shape index (κ2) is 5.54. The minimum Gasteiger partial charge on any atom is -0.454 e. The number of carbonyl (C=O) groups excluding carboxylic acids is 1. The van der Waals surface area contributed by atoms with Crippen molar-refractivity contribution in [1.29, 1.82) is 0 Å². The number of hydrogen-bond acceptors (Lipinski definition) is 4. The number of likely N-dealkylation sites (tertiary alicyclic amines) is 1. The number of piperidine rings is 2. The summed E-state index contributed by atoms with van der Waals surface area (Å²) >= 11 is 0. The van der Waals surface area contributed by atoms with Crippen molar-refractivity contribution in [2.75, 3.05) is 33.0 Å². The quantitative estimate of drug-likeness (QED) is 0.721. The molecule has 1 N–H and O–H groups in total. The average molecular weight is 298 g/mol. The lowest BCUT2D eigenvalue weighted by Gasteiger charge is -2.40. The van der Waals surface area contributed by atoms with Crippen molar-refractivity contribution in [3.63, 3.8) is 0 Å². The van der Waals surface area contributed by atoms with Gasteiger partial charge < -0.3 is 19.7 Å². The highest BCUT2D eigenvalue weighted by Gasteiger charge is 2.32. The molecule has 2 fully saturated rings. The summed E-state index contributed by atoms with van der Waals surface area (Å²) in [5, 5.41) is 3.43. The molecule has 0 aromatic heterocycles. The van der Waals surface area contributed by atoms with Crippen LogP contribution in [0.15, 0.2) is 18.2 Å². The maximum atomic E-state index is 12.3. The van der Waals surface area contributed by atoms with Gasteiger partial charge in [0.1, 0.15) is 0 Å². The van der Waals surface area contributed by atoms with Gasteiger partial charge in [0.2, 0.25) is 6.79 Å². The molecule has 4 rings (SSSR count). The lowest BCUT2D eigenvalue weighted by molar-refractivity contribution is -0.128. The van der Waals surface area contributed by atoms with Crippen molar-refractivity contribution in [2.24, 2.45) is 11.8 Å². The van der Waals surface area contributed by atoms with E-state index in [0.29, 0.717) is 17.6 Å². The van der Waals surface area contributed by atoms with Crippen LogP contribution in [0.5, 0.6) is 11.5 Å². The van der Waals surface area contributed by atoms with Gasteiger partial charge in [-0.1, -0.05) is 5.92 Å². The van der Waals surface area contributed by atoms with Crippen LogP contribution in [0.25, 0.3) is 0 Å². The maximum absolute atomic E-state index is 12.3. The second-order valence-corrected chi connectivity index (χ2v) is 6.15. The molecule has 0 spiro atoms. The summed E-state index contributed by atoms with van der Waals surface area (Å²) in [6, 6.07) is 5.49. The zero-order valence-electron chi connectivity index (χ0n) is 12.3. The standard InChI is InChI=1S/C17H18N2O3/c20-17(19-9-13-5-14(10-19)8-18-7-13)4-2-12-1-3-15-16(6-12)22-11-21-15/h1,3,6,13-14,18H,5,7-11H2/t13-,14+. The fourth-order valence-corrected chi connectivity index (χ4v) is 3.45. The highest BCUT2D eigenvalue weighted by molar-refractivity contribution is 5.94. The molecular formula is C17H18N2O3. The largest absolute Gasteiger partial charge is 0.454 e. The molecule has 3 aliphatic heterocycles. The average Bonchev–Trinajstić information content (AvgIpc) is 2.99. The molecule has 3 aliphatic rings. The van der Waals surface area contributed by atoms with Gasteiger partial charge in [-0.3, -0.25) is 4.79 Å². The van der Waals surface area contributed by atoms with Gasteiger partial charge in [0.25, 0.3) is 5.91 Å². The van der Waals surface area contributed by atoms with Crippen molar-refractivity contribution < 1.29 is 14.3 Å². The summed E-state index contributed by atoms with van der Waals surface area (Å²) in [5.41, 5.74) is 0.775. The number of rotatable bonds is 0. The summed E-state index contributed by atoms with van der Waals surface area (Å²) in [4.78, 5) is 14.2. The molecule has 2 bridgehead atoms. The molecule has 5 nitrogen and oxygen atoms in total. The zero-order chi connectivity index (χ0) is 14.9. The van der Waals surface area contributed by atoms with Crippen molar-refractivity contribution in [3.05, 3.63) is 23.8 Å². The van der Waals surface area contributed by atoms with Gasteiger partial charge in [-0.15, -0.1) is 0 Å². The van der Waals surface area contributed by atoms with Gasteiger partial charge in [0, 0.05) is 24.6 Å². The summed E-state index contributed by atoms with van der Waals surface area (Å²) in [7, 11) is 0. The van der Waals surface area contributed by atoms with Gasteiger partial charge in [-0.25, -0.2) is 0 Å². The van der Waals surface area contributed by atoms with Crippen molar-refractivity contribution >= 4 is 5.91 Å². The summed E-state index contributed by atoms with van der Waals surface area (Å²) in [6.07, 6.45) is 1.23. The van der Waals surface area contributed by atoms with Gasteiger partial charge in [-0.05, 0) is 49.5 Å². The Morgan fingerprint density at radius 2 is 1.95 bits per heavy atom. The van der Waals surface area contributed by atoms with Crippen LogP contribution >= 0.6 is 0 Å². The van der Waals surface area contributed by atoms with E-state index < -0.39 is 0 Å². The van der Waals surface area contributed by atoms with Crippen LogP contribution in [-0.2, 0) is 4.79 Å². The second-order valence-electron chi connectivity index (χ2n) is 6.15. The van der Waals surface area contributed by atoms with Crippen LogP contribution in [0.2, 0.25) is 0 Å². The van der Waals surface area contributed by atoms with E-state index in [2.05, 4.69) is 17.2 Å². The molecule has 1 amide bonds. The predicted molar refractivity (Wildman–Crippen MR) is 80.5 cm³/mol. The number of hydrogen-bond donors (Lipinski definition) is 1. The number of nitrogens with zero attached hydrogens (tertiary/aromatic N) is 1. The molecule has 1 aromatic rings. The van der Waals surface area contributed by atoms with Gasteiger partial charge >= 0.3 is 0 Å². The lowest BCUT2D eigenvalue weighted by atomic mass is 9.86. The van der Waals surface area contributed by atoms with E-state index in [1.807, 2.05) is 23.1 Å². The van der Waals surface area contributed by atoms with Crippen molar-refractivity contribution in [1.82, 2.24) is 10.2 Å². The summed E-state index contributed by atoms with van der Waals surface area (Å²) in [6.45, 7) is 3.90. The van der Waals surface area contributed by atoms with Gasteiger partial charge in [0.05, 0.1) is 0 Å². The SMILES string of the molecule is O=C(C#Cc1ccc2c(c1)OCO2)N1C[C@@H]2CNC[C@@H](C2)C1. The molecule has 0 aliphatic carbocycles. The Labute approximate surface area is 129 Å². The first kappa shape index (κ1) is 13.5. The van der Waals surface area contributed by atoms with Crippen molar-refractivity contribution in [3.8, 4) is 23.3 Å². The molecule has 2 saturated heterocycles. The topological polar surface area (TPSA) is 50.8 Å². The molecule has 3 heterocycles. The van der Waals surface area contributed by atoms with Gasteiger partial charge in [0.15, 0.2) is 11.5 Å². The minimum absolute atomic E-state index is 0.0748. The molecule has 0 saturated carbocycles. The van der Waals surface area contributed by atoms with Crippen LogP contribution in [0.3, 0.4) is 0 Å². The number of fused-ring (bicyclic) bond motifs is 3. The van der Waals surface area contributed by atoms with E-state index in [1.165, 1.54) is 6.42 Å². The number of carbonyl (C=O) groups is 1. The third kappa shape index (κ3) is 2.62. The lowest BCUT2D eigenvalue weighted by Crippen LogP contribution is -2.52. The van der Waals surface area contributed by atoms with Crippen LogP contribution < -0.4 is 14.8 Å². The van der Waals surface area contributed by atoms with Crippen LogP contribution in [0.1, 0.15) is 12.0 Å². The number of nitrogens with one attached hydrogen (secondary N) is 1. The third-order valence-electron chi connectivity index (χ3n) is 4.46. The molecule has 0 radical (unpaired) electrons. The summed E-state index contributed by atoms with van der Waals surface area (Å²) < 4.78 is 10.6. The van der Waals surface area contributed by atoms with Crippen molar-refractivity contribution in [2.45, 2.75) is 6.42 Å². The minimum atomic E-state index is -0.0748. The monoisotopic (exact) mass is 298 g/mol.